The molecule has 2 aromatic heterocycles. The molecule has 3 heterocycles. The Morgan fingerprint density at radius 1 is 1.29 bits per heavy atom. The zero-order chi connectivity index (χ0) is 19.7. The van der Waals surface area contributed by atoms with Crippen LogP contribution in [-0.4, -0.2) is 57.7 Å². The van der Waals surface area contributed by atoms with E-state index in [0.29, 0.717) is 43.7 Å². The Bertz CT molecular complexity index is 967. The number of amides is 1. The van der Waals surface area contributed by atoms with Gasteiger partial charge in [-0.25, -0.2) is 4.39 Å². The van der Waals surface area contributed by atoms with Gasteiger partial charge in [-0.2, -0.15) is 0 Å². The van der Waals surface area contributed by atoms with E-state index in [9.17, 15) is 14.3 Å². The number of piperazine rings is 1. The molecule has 1 aromatic carbocycles. The van der Waals surface area contributed by atoms with Crippen molar-refractivity contribution in [1.82, 2.24) is 14.4 Å². The summed E-state index contributed by atoms with van der Waals surface area (Å²) in [7, 11) is 1.83. The van der Waals surface area contributed by atoms with Crippen LogP contribution in [0.1, 0.15) is 22.7 Å². The van der Waals surface area contributed by atoms with Gasteiger partial charge in [0.15, 0.2) is 0 Å². The summed E-state index contributed by atoms with van der Waals surface area (Å²) in [5.41, 5.74) is 1.37. The minimum Gasteiger partial charge on any atom is -0.468 e. The van der Waals surface area contributed by atoms with E-state index in [1.54, 1.807) is 18.4 Å². The molecular formula is C21H24FN3O3. The molecule has 1 fully saturated rings. The fraction of sp³-hybridized carbons (Fsp3) is 0.381. The maximum atomic E-state index is 13.5. The summed E-state index contributed by atoms with van der Waals surface area (Å²) in [4.78, 5) is 17.2. The lowest BCUT2D eigenvalue weighted by Gasteiger charge is -2.41. The van der Waals surface area contributed by atoms with E-state index < -0.39 is 0 Å². The van der Waals surface area contributed by atoms with Gasteiger partial charge in [-0.05, 0) is 42.8 Å². The topological polar surface area (TPSA) is 61.9 Å². The van der Waals surface area contributed by atoms with Gasteiger partial charge in [0.1, 0.15) is 17.3 Å². The first-order valence-electron chi connectivity index (χ1n) is 9.48. The maximum absolute atomic E-state index is 13.5. The number of hydrogen-bond donors (Lipinski definition) is 1. The van der Waals surface area contributed by atoms with Gasteiger partial charge in [-0.3, -0.25) is 9.69 Å². The van der Waals surface area contributed by atoms with E-state index in [-0.39, 0.29) is 24.4 Å². The average molecular weight is 385 g/mol. The summed E-state index contributed by atoms with van der Waals surface area (Å²) >= 11 is 0. The van der Waals surface area contributed by atoms with Gasteiger partial charge < -0.3 is 19.0 Å². The zero-order valence-corrected chi connectivity index (χ0v) is 15.8. The van der Waals surface area contributed by atoms with Crippen molar-refractivity contribution in [3.05, 3.63) is 59.9 Å². The number of aromatic nitrogens is 1. The predicted octanol–water partition coefficient (Wildman–Crippen LogP) is 2.62. The number of fused-ring (bicyclic) bond motifs is 1. The summed E-state index contributed by atoms with van der Waals surface area (Å²) in [6, 6.07) is 10.1. The van der Waals surface area contributed by atoms with Gasteiger partial charge in [0, 0.05) is 50.2 Å². The van der Waals surface area contributed by atoms with Crippen LogP contribution in [0, 0.1) is 5.82 Å². The lowest BCUT2D eigenvalue weighted by molar-refractivity contribution is 0.0366. The van der Waals surface area contributed by atoms with Crippen molar-refractivity contribution in [3.63, 3.8) is 0 Å². The van der Waals surface area contributed by atoms with E-state index in [2.05, 4.69) is 4.90 Å². The number of carbonyl (C=O) groups excluding carboxylic acids is 1. The fourth-order valence-electron chi connectivity index (χ4n) is 4.00. The van der Waals surface area contributed by atoms with Crippen LogP contribution >= 0.6 is 0 Å². The van der Waals surface area contributed by atoms with Crippen molar-refractivity contribution in [2.24, 2.45) is 7.05 Å². The van der Waals surface area contributed by atoms with E-state index in [0.717, 1.165) is 11.3 Å². The van der Waals surface area contributed by atoms with E-state index in [1.807, 2.05) is 28.6 Å². The van der Waals surface area contributed by atoms with Gasteiger partial charge >= 0.3 is 0 Å². The largest absolute Gasteiger partial charge is 0.468 e. The number of nitrogens with zero attached hydrogens (tertiary/aromatic N) is 3. The second kappa shape index (κ2) is 7.77. The highest BCUT2D eigenvalue weighted by atomic mass is 19.1. The Balaban J connectivity index is 1.53. The second-order valence-electron chi connectivity index (χ2n) is 7.26. The van der Waals surface area contributed by atoms with Gasteiger partial charge in [0.2, 0.25) is 0 Å². The minimum absolute atomic E-state index is 0.0555. The highest BCUT2D eigenvalue weighted by molar-refractivity contribution is 5.98. The number of aliphatic hydroxyl groups excluding tert-OH is 1. The van der Waals surface area contributed by atoms with Gasteiger partial charge in [0.25, 0.3) is 5.91 Å². The third-order valence-corrected chi connectivity index (χ3v) is 5.52. The van der Waals surface area contributed by atoms with E-state index in [4.69, 9.17) is 4.42 Å². The molecule has 1 N–H and O–H groups in total. The van der Waals surface area contributed by atoms with Crippen molar-refractivity contribution in [2.75, 3.05) is 26.2 Å². The highest BCUT2D eigenvalue weighted by Gasteiger charge is 2.31. The fourth-order valence-corrected chi connectivity index (χ4v) is 4.00. The van der Waals surface area contributed by atoms with E-state index >= 15 is 0 Å². The number of carbonyl (C=O) groups is 1. The number of rotatable bonds is 5. The lowest BCUT2D eigenvalue weighted by atomic mass is 10.1. The van der Waals surface area contributed by atoms with Gasteiger partial charge in [-0.15, -0.1) is 0 Å². The monoisotopic (exact) mass is 385 g/mol. The van der Waals surface area contributed by atoms with Crippen LogP contribution in [0.3, 0.4) is 0 Å². The molecule has 6 nitrogen and oxygen atoms in total. The first-order chi connectivity index (χ1) is 13.6. The summed E-state index contributed by atoms with van der Waals surface area (Å²) in [6.07, 6.45) is 2.24. The van der Waals surface area contributed by atoms with Gasteiger partial charge in [0.05, 0.1) is 12.8 Å². The quantitative estimate of drug-likeness (QED) is 0.734. The van der Waals surface area contributed by atoms with Crippen molar-refractivity contribution >= 4 is 16.8 Å². The number of hydrogen-bond acceptors (Lipinski definition) is 4. The number of aryl methyl sites for hydroxylation is 1. The second-order valence-corrected chi connectivity index (χ2v) is 7.26. The van der Waals surface area contributed by atoms with Gasteiger partial charge in [-0.1, -0.05) is 0 Å². The third-order valence-electron chi connectivity index (χ3n) is 5.52. The number of furan rings is 1. The Kier molecular flexibility index (Phi) is 5.19. The summed E-state index contributed by atoms with van der Waals surface area (Å²) in [5.74, 6) is 0.491. The molecule has 7 heteroatoms. The molecule has 1 aliphatic rings. The summed E-state index contributed by atoms with van der Waals surface area (Å²) in [5, 5.41) is 10.2. The molecular weight excluding hydrogens is 361 g/mol. The van der Waals surface area contributed by atoms with E-state index in [1.165, 1.54) is 12.1 Å². The zero-order valence-electron chi connectivity index (χ0n) is 15.8. The average Bonchev–Trinajstić information content (AvgIpc) is 3.30. The molecule has 0 spiro atoms. The van der Waals surface area contributed by atoms with Crippen LogP contribution in [0.4, 0.5) is 4.39 Å². The molecule has 1 atom stereocenters. The van der Waals surface area contributed by atoms with Crippen LogP contribution in [0.5, 0.6) is 0 Å². The molecule has 0 radical (unpaired) electrons. The molecule has 4 rings (SSSR count). The summed E-state index contributed by atoms with van der Waals surface area (Å²) < 4.78 is 20.8. The Labute approximate surface area is 162 Å². The highest BCUT2D eigenvalue weighted by Crippen LogP contribution is 2.23. The van der Waals surface area contributed by atoms with Crippen LogP contribution in [0.15, 0.2) is 47.1 Å². The van der Waals surface area contributed by atoms with Crippen molar-refractivity contribution in [2.45, 2.75) is 19.0 Å². The molecule has 0 bridgehead atoms. The molecule has 0 aliphatic carbocycles. The molecule has 148 valence electrons. The van der Waals surface area contributed by atoms with Crippen LogP contribution < -0.4 is 0 Å². The lowest BCUT2D eigenvalue weighted by Crippen LogP contribution is -2.54. The van der Waals surface area contributed by atoms with Crippen LogP contribution in [-0.2, 0) is 13.6 Å². The number of aliphatic hydroxyl groups is 1. The molecule has 1 aliphatic heterocycles. The molecule has 3 aromatic rings. The Morgan fingerprint density at radius 3 is 2.89 bits per heavy atom. The normalized spacial score (nSPS) is 18.1. The maximum Gasteiger partial charge on any atom is 0.270 e. The Hall–Kier alpha value is -2.64. The smallest absolute Gasteiger partial charge is 0.270 e. The molecule has 1 amide bonds. The summed E-state index contributed by atoms with van der Waals surface area (Å²) in [6.45, 7) is 2.56. The van der Waals surface area contributed by atoms with Crippen LogP contribution in [0.25, 0.3) is 10.9 Å². The molecule has 1 unspecified atom stereocenters. The first kappa shape index (κ1) is 18.7. The number of halogens is 1. The standard InChI is InChI=1S/C21H24FN3O3/c1-23-19-5-4-16(22)11-15(19)12-20(23)21(27)25-8-7-24(17(13-25)6-9-26)14-18-3-2-10-28-18/h2-5,10-12,17,26H,6-9,13-14H2,1H3. The molecule has 28 heavy (non-hydrogen) atoms. The Morgan fingerprint density at radius 2 is 2.14 bits per heavy atom. The third kappa shape index (κ3) is 3.55. The van der Waals surface area contributed by atoms with Crippen molar-refractivity contribution in [3.8, 4) is 0 Å². The number of benzene rings is 1. The minimum atomic E-state index is -0.313. The first-order valence-corrected chi connectivity index (χ1v) is 9.48. The molecule has 0 saturated carbocycles. The van der Waals surface area contributed by atoms with Crippen LogP contribution in [0.2, 0.25) is 0 Å². The molecule has 1 saturated heterocycles. The SMILES string of the molecule is Cn1c(C(=O)N2CCN(Cc3ccco3)C(CCO)C2)cc2cc(F)ccc21. The predicted molar refractivity (Wildman–Crippen MR) is 103 cm³/mol. The van der Waals surface area contributed by atoms with Crippen molar-refractivity contribution < 1.29 is 18.7 Å². The van der Waals surface area contributed by atoms with Crippen molar-refractivity contribution in [1.29, 1.82) is 0 Å².